The highest BCUT2D eigenvalue weighted by Crippen LogP contribution is 2.29. The first-order valence-electron chi connectivity index (χ1n) is 6.88. The van der Waals surface area contributed by atoms with Crippen molar-refractivity contribution >= 4 is 39.6 Å². The van der Waals surface area contributed by atoms with E-state index in [1.54, 1.807) is 0 Å². The Morgan fingerprint density at radius 1 is 1.40 bits per heavy atom. The van der Waals surface area contributed by atoms with Gasteiger partial charge in [0.1, 0.15) is 5.00 Å². The third-order valence-corrected chi connectivity index (χ3v) is 4.27. The first-order chi connectivity index (χ1) is 9.62. The number of rotatable bonds is 7. The van der Waals surface area contributed by atoms with Gasteiger partial charge in [-0.15, -0.1) is 11.3 Å². The van der Waals surface area contributed by atoms with Gasteiger partial charge in [0.25, 0.3) is 0 Å². The molecule has 6 heteroatoms. The molecule has 1 heterocycles. The zero-order valence-electron chi connectivity index (χ0n) is 12.2. The highest BCUT2D eigenvalue weighted by molar-refractivity contribution is 7.80. The van der Waals surface area contributed by atoms with Crippen LogP contribution in [0.1, 0.15) is 48.3 Å². The Morgan fingerprint density at radius 2 is 2.15 bits per heavy atom. The van der Waals surface area contributed by atoms with Crippen molar-refractivity contribution in [3.63, 3.8) is 0 Å². The Labute approximate surface area is 129 Å². The summed E-state index contributed by atoms with van der Waals surface area (Å²) in [6.07, 6.45) is 4.33. The van der Waals surface area contributed by atoms with Gasteiger partial charge in [-0.1, -0.05) is 26.7 Å². The molecule has 1 rings (SSSR count). The molecular weight excluding hydrogens is 292 g/mol. The summed E-state index contributed by atoms with van der Waals surface area (Å²) < 4.78 is 4.79. The van der Waals surface area contributed by atoms with Crippen molar-refractivity contribution in [2.24, 2.45) is 0 Å². The highest BCUT2D eigenvalue weighted by atomic mass is 32.1. The number of carbonyl (C=O) groups excluding carboxylic acids is 1. The Balaban J connectivity index is 2.63. The van der Waals surface area contributed by atoms with E-state index < -0.39 is 0 Å². The van der Waals surface area contributed by atoms with E-state index in [0.29, 0.717) is 10.7 Å². The Morgan fingerprint density at radius 3 is 2.75 bits per heavy atom. The van der Waals surface area contributed by atoms with Crippen LogP contribution < -0.4 is 10.6 Å². The van der Waals surface area contributed by atoms with E-state index >= 15 is 0 Å². The first-order valence-corrected chi connectivity index (χ1v) is 8.10. The molecule has 0 amide bonds. The van der Waals surface area contributed by atoms with Crippen LogP contribution in [-0.4, -0.2) is 24.7 Å². The predicted octanol–water partition coefficient (Wildman–Crippen LogP) is 3.57. The molecule has 1 aromatic rings. The van der Waals surface area contributed by atoms with Crippen LogP contribution in [0.5, 0.6) is 0 Å². The van der Waals surface area contributed by atoms with Crippen LogP contribution in [0.25, 0.3) is 0 Å². The van der Waals surface area contributed by atoms with Gasteiger partial charge in [0.15, 0.2) is 5.11 Å². The molecule has 112 valence electrons. The molecule has 0 saturated heterocycles. The molecule has 0 aromatic carbocycles. The number of methoxy groups -OCH3 is 1. The molecule has 4 nitrogen and oxygen atoms in total. The molecule has 2 N–H and O–H groups in total. The van der Waals surface area contributed by atoms with Crippen LogP contribution in [0.3, 0.4) is 0 Å². The zero-order chi connectivity index (χ0) is 15.0. The average Bonchev–Trinajstić information content (AvgIpc) is 2.85. The maximum atomic E-state index is 11.7. The van der Waals surface area contributed by atoms with Gasteiger partial charge in [-0.25, -0.2) is 4.79 Å². The number of thiophene rings is 1. The van der Waals surface area contributed by atoms with Gasteiger partial charge in [0.05, 0.1) is 12.7 Å². The lowest BCUT2D eigenvalue weighted by atomic mass is 10.2. The van der Waals surface area contributed by atoms with Crippen molar-refractivity contribution < 1.29 is 9.53 Å². The normalized spacial score (nSPS) is 10.2. The zero-order valence-corrected chi connectivity index (χ0v) is 13.9. The Bertz CT molecular complexity index is 458. The Hall–Kier alpha value is -1.14. The number of anilines is 1. The van der Waals surface area contributed by atoms with Crippen molar-refractivity contribution in [1.82, 2.24) is 5.32 Å². The minimum Gasteiger partial charge on any atom is -0.465 e. The van der Waals surface area contributed by atoms with E-state index in [1.807, 2.05) is 6.07 Å². The van der Waals surface area contributed by atoms with Crippen molar-refractivity contribution in [3.8, 4) is 0 Å². The number of ether oxygens (including phenoxy) is 1. The van der Waals surface area contributed by atoms with Gasteiger partial charge < -0.3 is 15.4 Å². The summed E-state index contributed by atoms with van der Waals surface area (Å²) in [5.74, 6) is -0.336. The monoisotopic (exact) mass is 314 g/mol. The molecule has 1 aromatic heterocycles. The molecule has 0 spiro atoms. The topological polar surface area (TPSA) is 50.4 Å². The fraction of sp³-hybridized carbons (Fsp3) is 0.571. The molecule has 0 aliphatic heterocycles. The van der Waals surface area contributed by atoms with E-state index in [1.165, 1.54) is 31.3 Å². The van der Waals surface area contributed by atoms with E-state index in [2.05, 4.69) is 24.5 Å². The molecular formula is C14H22N2O2S2. The van der Waals surface area contributed by atoms with Crippen molar-refractivity contribution in [2.75, 3.05) is 19.0 Å². The molecule has 0 bridgehead atoms. The van der Waals surface area contributed by atoms with Crippen LogP contribution in [-0.2, 0) is 11.2 Å². The standard InChI is InChI=1S/C14H22N2O2S2/c1-4-6-7-8-15-14(19)16-12-11(13(17)18-3)9-10(5-2)20-12/h9H,4-8H2,1-3H3,(H2,15,16,19). The van der Waals surface area contributed by atoms with Gasteiger partial charge >= 0.3 is 5.97 Å². The van der Waals surface area contributed by atoms with Gasteiger partial charge in [-0.3, -0.25) is 0 Å². The quantitative estimate of drug-likeness (QED) is 0.458. The van der Waals surface area contributed by atoms with Crippen molar-refractivity contribution in [1.29, 1.82) is 0 Å². The Kier molecular flexibility index (Phi) is 7.54. The smallest absolute Gasteiger partial charge is 0.340 e. The van der Waals surface area contributed by atoms with E-state index in [-0.39, 0.29) is 5.97 Å². The number of hydrogen-bond acceptors (Lipinski definition) is 4. The van der Waals surface area contributed by atoms with E-state index in [4.69, 9.17) is 17.0 Å². The van der Waals surface area contributed by atoms with E-state index in [9.17, 15) is 4.79 Å². The summed E-state index contributed by atoms with van der Waals surface area (Å²) in [4.78, 5) is 12.9. The van der Waals surface area contributed by atoms with Crippen LogP contribution in [0, 0.1) is 0 Å². The molecule has 0 aliphatic rings. The number of aryl methyl sites for hydroxylation is 1. The molecule has 0 unspecified atom stereocenters. The summed E-state index contributed by atoms with van der Waals surface area (Å²) in [6.45, 7) is 5.06. The molecule has 0 radical (unpaired) electrons. The minimum atomic E-state index is -0.336. The summed E-state index contributed by atoms with van der Waals surface area (Å²) in [5.41, 5.74) is 0.548. The molecule has 0 saturated carbocycles. The van der Waals surface area contributed by atoms with E-state index in [0.717, 1.165) is 29.3 Å². The lowest BCUT2D eigenvalue weighted by Gasteiger charge is -2.09. The van der Waals surface area contributed by atoms with Crippen LogP contribution in [0.15, 0.2) is 6.07 Å². The van der Waals surface area contributed by atoms with Gasteiger partial charge in [0, 0.05) is 11.4 Å². The number of hydrogen-bond donors (Lipinski definition) is 2. The second-order valence-electron chi connectivity index (χ2n) is 4.39. The second kappa shape index (κ2) is 8.92. The third-order valence-electron chi connectivity index (χ3n) is 2.83. The van der Waals surface area contributed by atoms with Crippen LogP contribution in [0.2, 0.25) is 0 Å². The number of thiocarbonyl (C=S) groups is 1. The lowest BCUT2D eigenvalue weighted by Crippen LogP contribution is -2.29. The maximum absolute atomic E-state index is 11.7. The molecule has 0 aliphatic carbocycles. The minimum absolute atomic E-state index is 0.336. The maximum Gasteiger partial charge on any atom is 0.340 e. The number of nitrogens with one attached hydrogen (secondary N) is 2. The number of esters is 1. The largest absolute Gasteiger partial charge is 0.465 e. The van der Waals surface area contributed by atoms with Crippen LogP contribution >= 0.6 is 23.6 Å². The SMILES string of the molecule is CCCCCNC(=S)Nc1sc(CC)cc1C(=O)OC. The fourth-order valence-electron chi connectivity index (χ4n) is 1.69. The molecule has 20 heavy (non-hydrogen) atoms. The number of carbonyl (C=O) groups is 1. The van der Waals surface area contributed by atoms with Crippen molar-refractivity contribution in [3.05, 3.63) is 16.5 Å². The summed E-state index contributed by atoms with van der Waals surface area (Å²) in [5, 5.41) is 7.55. The van der Waals surface area contributed by atoms with Gasteiger partial charge in [-0.05, 0) is 31.1 Å². The van der Waals surface area contributed by atoms with Gasteiger partial charge in [0.2, 0.25) is 0 Å². The second-order valence-corrected chi connectivity index (χ2v) is 5.93. The lowest BCUT2D eigenvalue weighted by molar-refractivity contribution is 0.0602. The highest BCUT2D eigenvalue weighted by Gasteiger charge is 2.16. The van der Waals surface area contributed by atoms with Crippen molar-refractivity contribution in [2.45, 2.75) is 39.5 Å². The third kappa shape index (κ3) is 5.09. The van der Waals surface area contributed by atoms with Crippen LogP contribution in [0.4, 0.5) is 5.00 Å². The average molecular weight is 314 g/mol. The first kappa shape index (κ1) is 16.9. The molecule has 0 atom stereocenters. The summed E-state index contributed by atoms with van der Waals surface area (Å²) in [7, 11) is 1.39. The van der Waals surface area contributed by atoms with Gasteiger partial charge in [-0.2, -0.15) is 0 Å². The summed E-state index contributed by atoms with van der Waals surface area (Å²) in [6, 6.07) is 1.86. The predicted molar refractivity (Wildman–Crippen MR) is 88.8 cm³/mol. The fourth-order valence-corrected chi connectivity index (χ4v) is 2.95. The number of unbranched alkanes of at least 4 members (excludes halogenated alkanes) is 2. The summed E-state index contributed by atoms with van der Waals surface area (Å²) >= 11 is 6.78. The molecule has 0 fully saturated rings.